The third kappa shape index (κ3) is 6.11. The van der Waals surface area contributed by atoms with Gasteiger partial charge in [-0.25, -0.2) is 0 Å². The lowest BCUT2D eigenvalue weighted by Gasteiger charge is -2.14. The fourth-order valence-corrected chi connectivity index (χ4v) is 5.07. The molecule has 0 spiro atoms. The van der Waals surface area contributed by atoms with E-state index in [0.717, 1.165) is 26.5 Å². The largest absolute Gasteiger partial charge is 0.493 e. The van der Waals surface area contributed by atoms with Crippen molar-refractivity contribution in [3.05, 3.63) is 60.0 Å². The van der Waals surface area contributed by atoms with E-state index in [4.69, 9.17) is 37.4 Å². The summed E-state index contributed by atoms with van der Waals surface area (Å²) in [5.74, 6) is 0.763. The summed E-state index contributed by atoms with van der Waals surface area (Å²) in [6, 6.07) is 8.84. The number of methoxy groups -OCH3 is 2. The fourth-order valence-electron chi connectivity index (χ4n) is 2.96. The van der Waals surface area contributed by atoms with Crippen LogP contribution in [0, 0.1) is 3.57 Å². The number of carbonyl (C=O) groups excluding carboxylic acids is 2. The second-order valence-electron chi connectivity index (χ2n) is 6.74. The Bertz CT molecular complexity index is 1060. The van der Waals surface area contributed by atoms with Gasteiger partial charge in [-0.2, -0.15) is 0 Å². The third-order valence-corrected chi connectivity index (χ3v) is 6.84. The van der Waals surface area contributed by atoms with Gasteiger partial charge in [0.15, 0.2) is 11.5 Å². The van der Waals surface area contributed by atoms with Gasteiger partial charge < -0.3 is 14.2 Å². The Labute approximate surface area is 214 Å². The molecule has 1 saturated heterocycles. The molecule has 0 bridgehead atoms. The second-order valence-corrected chi connectivity index (χ2v) is 9.74. The molecule has 170 valence electrons. The Morgan fingerprint density at radius 2 is 1.94 bits per heavy atom. The molecule has 1 heterocycles. The van der Waals surface area contributed by atoms with Crippen molar-refractivity contribution in [2.45, 2.75) is 13.0 Å². The summed E-state index contributed by atoms with van der Waals surface area (Å²) in [5, 5.41) is 0.793. The van der Waals surface area contributed by atoms with Gasteiger partial charge in [0.2, 0.25) is 0 Å². The number of hydrogen-bond acceptors (Lipinski definition) is 6. The first-order valence-corrected chi connectivity index (χ1v) is 12.2. The molecule has 0 saturated carbocycles. The first-order chi connectivity index (χ1) is 15.3. The quantitative estimate of drug-likeness (QED) is 0.190. The Kier molecular flexibility index (Phi) is 9.13. The number of nitrogens with zero attached hydrogens (tertiary/aromatic N) is 1. The maximum Gasteiger partial charge on any atom is 0.293 e. The van der Waals surface area contributed by atoms with E-state index >= 15 is 0 Å². The maximum absolute atomic E-state index is 12.6. The summed E-state index contributed by atoms with van der Waals surface area (Å²) in [5.41, 5.74) is 1.52. The van der Waals surface area contributed by atoms with E-state index in [1.54, 1.807) is 44.6 Å². The van der Waals surface area contributed by atoms with Crippen LogP contribution in [0.25, 0.3) is 6.08 Å². The van der Waals surface area contributed by atoms with Crippen LogP contribution in [0.2, 0.25) is 10.0 Å². The van der Waals surface area contributed by atoms with E-state index in [9.17, 15) is 9.59 Å². The van der Waals surface area contributed by atoms with Crippen molar-refractivity contribution in [1.29, 1.82) is 0 Å². The number of halogens is 3. The van der Waals surface area contributed by atoms with Crippen LogP contribution in [0.1, 0.15) is 17.5 Å². The van der Waals surface area contributed by atoms with Crippen LogP contribution in [0.3, 0.4) is 0 Å². The summed E-state index contributed by atoms with van der Waals surface area (Å²) in [6.45, 7) is 1.05. The maximum atomic E-state index is 12.6. The highest BCUT2D eigenvalue weighted by Crippen LogP contribution is 2.38. The molecular weight excluding hydrogens is 588 g/mol. The lowest BCUT2D eigenvalue weighted by molar-refractivity contribution is -0.122. The average molecular weight is 608 g/mol. The van der Waals surface area contributed by atoms with E-state index in [0.29, 0.717) is 46.0 Å². The monoisotopic (exact) mass is 607 g/mol. The number of ether oxygens (including phenoxy) is 3. The molecule has 10 heteroatoms. The van der Waals surface area contributed by atoms with Crippen LogP contribution in [0.15, 0.2) is 35.2 Å². The van der Waals surface area contributed by atoms with Gasteiger partial charge in [0.1, 0.15) is 6.61 Å². The lowest BCUT2D eigenvalue weighted by atomic mass is 10.1. The van der Waals surface area contributed by atoms with Gasteiger partial charge in [0.05, 0.1) is 15.6 Å². The van der Waals surface area contributed by atoms with Crippen molar-refractivity contribution in [2.75, 3.05) is 27.4 Å². The molecule has 32 heavy (non-hydrogen) atoms. The smallest absolute Gasteiger partial charge is 0.293 e. The molecule has 0 N–H and O–H groups in total. The summed E-state index contributed by atoms with van der Waals surface area (Å²) in [7, 11) is 3.13. The number of imide groups is 1. The first kappa shape index (κ1) is 25.2. The Hall–Kier alpha value is -1.46. The highest BCUT2D eigenvalue weighted by atomic mass is 127. The molecule has 0 radical (unpaired) electrons. The molecule has 2 aromatic carbocycles. The first-order valence-electron chi connectivity index (χ1n) is 9.52. The van der Waals surface area contributed by atoms with Gasteiger partial charge in [0.25, 0.3) is 11.1 Å². The van der Waals surface area contributed by atoms with E-state index in [2.05, 4.69) is 22.6 Å². The zero-order valence-corrected chi connectivity index (χ0v) is 21.8. The molecule has 1 aliphatic heterocycles. The molecule has 0 unspecified atom stereocenters. The van der Waals surface area contributed by atoms with Crippen molar-refractivity contribution < 1.29 is 23.8 Å². The van der Waals surface area contributed by atoms with Gasteiger partial charge >= 0.3 is 0 Å². The van der Waals surface area contributed by atoms with Crippen LogP contribution in [0.4, 0.5) is 4.79 Å². The normalized spacial score (nSPS) is 15.0. The molecule has 0 atom stereocenters. The van der Waals surface area contributed by atoms with Crippen LogP contribution >= 0.6 is 57.6 Å². The highest BCUT2D eigenvalue weighted by Gasteiger charge is 2.34. The minimum Gasteiger partial charge on any atom is -0.493 e. The van der Waals surface area contributed by atoms with Gasteiger partial charge in [-0.05, 0) is 76.7 Å². The average Bonchev–Trinajstić information content (AvgIpc) is 3.01. The summed E-state index contributed by atoms with van der Waals surface area (Å²) < 4.78 is 17.3. The van der Waals surface area contributed by atoms with Crippen LogP contribution < -0.4 is 9.47 Å². The molecule has 1 fully saturated rings. The van der Waals surface area contributed by atoms with Crippen molar-refractivity contribution in [3.8, 4) is 11.5 Å². The van der Waals surface area contributed by atoms with Crippen molar-refractivity contribution in [3.63, 3.8) is 0 Å². The summed E-state index contributed by atoms with van der Waals surface area (Å²) >= 11 is 15.2. The highest BCUT2D eigenvalue weighted by molar-refractivity contribution is 14.1. The Morgan fingerprint density at radius 3 is 2.62 bits per heavy atom. The number of carbonyl (C=O) groups is 2. The molecular formula is C22H20Cl2INO5S. The standard InChI is InChI=1S/C22H20Cl2INO5S/c1-29-7-3-6-26-21(27)19(32-22(26)28)10-13-8-17(25)20(18(9-13)30-2)31-12-14-4-5-15(23)11-16(14)24/h4-5,8-11H,3,6-7,12H2,1-2H3/b19-10+. The zero-order valence-electron chi connectivity index (χ0n) is 17.3. The third-order valence-electron chi connectivity index (χ3n) is 4.54. The molecule has 0 aliphatic carbocycles. The second kappa shape index (κ2) is 11.6. The number of thioether (sulfide) groups is 1. The summed E-state index contributed by atoms with van der Waals surface area (Å²) in [6.07, 6.45) is 2.28. The summed E-state index contributed by atoms with van der Waals surface area (Å²) in [4.78, 5) is 26.5. The number of hydrogen-bond donors (Lipinski definition) is 0. The van der Waals surface area contributed by atoms with E-state index in [-0.39, 0.29) is 17.8 Å². The van der Waals surface area contributed by atoms with Crippen molar-refractivity contribution >= 4 is 74.8 Å². The van der Waals surface area contributed by atoms with Crippen molar-refractivity contribution in [2.24, 2.45) is 0 Å². The van der Waals surface area contributed by atoms with Crippen molar-refractivity contribution in [1.82, 2.24) is 4.90 Å². The van der Waals surface area contributed by atoms with Gasteiger partial charge in [-0.15, -0.1) is 0 Å². The number of benzene rings is 2. The van der Waals surface area contributed by atoms with Gasteiger partial charge in [-0.3, -0.25) is 14.5 Å². The minimum atomic E-state index is -0.303. The predicted octanol–water partition coefficient (Wildman–Crippen LogP) is 6.26. The Morgan fingerprint density at radius 1 is 1.16 bits per heavy atom. The molecule has 6 nitrogen and oxygen atoms in total. The molecule has 3 rings (SSSR count). The topological polar surface area (TPSA) is 65.1 Å². The van der Waals surface area contributed by atoms with Crippen LogP contribution in [0.5, 0.6) is 11.5 Å². The number of rotatable bonds is 9. The molecule has 1 aliphatic rings. The van der Waals surface area contributed by atoms with Gasteiger partial charge in [-0.1, -0.05) is 29.3 Å². The molecule has 0 aromatic heterocycles. The predicted molar refractivity (Wildman–Crippen MR) is 136 cm³/mol. The van der Waals surface area contributed by atoms with Gasteiger partial charge in [0, 0.05) is 35.9 Å². The minimum absolute atomic E-state index is 0.238. The molecule has 2 aromatic rings. The van der Waals surface area contributed by atoms with Crippen LogP contribution in [-0.4, -0.2) is 43.4 Å². The van der Waals surface area contributed by atoms with E-state index in [1.807, 2.05) is 6.07 Å². The fraction of sp³-hybridized carbons (Fsp3) is 0.273. The lowest BCUT2D eigenvalue weighted by Crippen LogP contribution is -2.29. The SMILES string of the molecule is COCCCN1C(=O)S/C(=C/c2cc(I)c(OCc3ccc(Cl)cc3Cl)c(OC)c2)C1=O. The zero-order chi connectivity index (χ0) is 23.3. The van der Waals surface area contributed by atoms with E-state index < -0.39 is 0 Å². The molecule has 2 amide bonds. The van der Waals surface area contributed by atoms with E-state index in [1.165, 1.54) is 4.90 Å². The Balaban J connectivity index is 1.78. The van der Waals surface area contributed by atoms with Crippen LogP contribution in [-0.2, 0) is 16.1 Å². The number of amides is 2.